The van der Waals surface area contributed by atoms with Crippen molar-refractivity contribution in [3.63, 3.8) is 0 Å². The fraction of sp³-hybridized carbons (Fsp3) is 0.270. The fourth-order valence-corrected chi connectivity index (χ4v) is 6.48. The molecule has 3 aromatic carbocycles. The van der Waals surface area contributed by atoms with E-state index >= 15 is 0 Å². The predicted molar refractivity (Wildman–Crippen MR) is 180 cm³/mol. The van der Waals surface area contributed by atoms with E-state index in [1.165, 1.54) is 23.5 Å². The molecule has 47 heavy (non-hydrogen) atoms. The lowest BCUT2D eigenvalue weighted by Crippen LogP contribution is -2.40. The van der Waals surface area contributed by atoms with Gasteiger partial charge in [-0.25, -0.2) is 14.2 Å². The lowest BCUT2D eigenvalue weighted by molar-refractivity contribution is -0.139. The van der Waals surface area contributed by atoms with Crippen molar-refractivity contribution >= 4 is 23.4 Å². The van der Waals surface area contributed by atoms with E-state index in [4.69, 9.17) is 23.9 Å². The zero-order valence-corrected chi connectivity index (χ0v) is 27.9. The van der Waals surface area contributed by atoms with E-state index in [0.29, 0.717) is 49.8 Å². The Morgan fingerprint density at radius 1 is 1.13 bits per heavy atom. The summed E-state index contributed by atoms with van der Waals surface area (Å²) < 4.78 is 38.8. The second kappa shape index (κ2) is 14.6. The Morgan fingerprint density at radius 2 is 1.87 bits per heavy atom. The summed E-state index contributed by atoms with van der Waals surface area (Å²) in [6.45, 7) is 11.6. The minimum Gasteiger partial charge on any atom is -0.493 e. The number of fused-ring (bicyclic) bond motifs is 1. The molecule has 0 N–H and O–H groups in total. The Kier molecular flexibility index (Phi) is 10.4. The SMILES string of the molecule is C=CCc1cc(/C=c2/sc3n(c2=O)[C@H](c2ccccc2OC(C)C)C(C(=O)OCC)=C(C)N=3)cc(OC)c1OCc1ccc(F)cc1. The summed E-state index contributed by atoms with van der Waals surface area (Å²) in [6.07, 6.45) is 3.88. The van der Waals surface area contributed by atoms with Crippen LogP contribution in [0.3, 0.4) is 0 Å². The first-order valence-electron chi connectivity index (χ1n) is 15.3. The fourth-order valence-electron chi connectivity index (χ4n) is 5.43. The zero-order chi connectivity index (χ0) is 33.7. The lowest BCUT2D eigenvalue weighted by Gasteiger charge is -2.26. The van der Waals surface area contributed by atoms with Gasteiger partial charge < -0.3 is 18.9 Å². The molecule has 0 aliphatic carbocycles. The van der Waals surface area contributed by atoms with Crippen LogP contribution >= 0.6 is 11.3 Å². The average Bonchev–Trinajstić information content (AvgIpc) is 3.34. The number of esters is 1. The molecule has 0 fully saturated rings. The van der Waals surface area contributed by atoms with Crippen LogP contribution in [0.2, 0.25) is 0 Å². The van der Waals surface area contributed by atoms with Crippen molar-refractivity contribution < 1.29 is 28.1 Å². The molecule has 244 valence electrons. The number of rotatable bonds is 12. The third-order valence-electron chi connectivity index (χ3n) is 7.43. The molecule has 0 radical (unpaired) electrons. The van der Waals surface area contributed by atoms with Crippen LogP contribution in [0.25, 0.3) is 6.08 Å². The quantitative estimate of drug-likeness (QED) is 0.137. The van der Waals surface area contributed by atoms with Crippen LogP contribution in [0.1, 0.15) is 56.0 Å². The summed E-state index contributed by atoms with van der Waals surface area (Å²) in [6, 6.07) is 16.4. The van der Waals surface area contributed by atoms with Gasteiger partial charge in [-0.15, -0.1) is 6.58 Å². The maximum Gasteiger partial charge on any atom is 0.338 e. The van der Waals surface area contributed by atoms with Gasteiger partial charge in [0.2, 0.25) is 0 Å². The van der Waals surface area contributed by atoms with Crippen molar-refractivity contribution in [2.75, 3.05) is 13.7 Å². The normalized spacial score (nSPS) is 14.4. The van der Waals surface area contributed by atoms with E-state index in [2.05, 4.69) is 6.58 Å². The van der Waals surface area contributed by atoms with Crippen LogP contribution < -0.4 is 29.1 Å². The second-order valence-electron chi connectivity index (χ2n) is 11.1. The minimum atomic E-state index is -0.810. The number of halogens is 1. The number of hydrogen-bond donors (Lipinski definition) is 0. The number of aromatic nitrogens is 1. The highest BCUT2D eigenvalue weighted by atomic mass is 32.1. The number of para-hydroxylation sites is 1. The van der Waals surface area contributed by atoms with E-state index in [1.807, 2.05) is 44.2 Å². The topological polar surface area (TPSA) is 88.4 Å². The smallest absolute Gasteiger partial charge is 0.338 e. The number of allylic oxidation sites excluding steroid dienone is 2. The molecule has 1 aromatic heterocycles. The molecule has 1 aliphatic rings. The third-order valence-corrected chi connectivity index (χ3v) is 8.41. The molecule has 1 aliphatic heterocycles. The summed E-state index contributed by atoms with van der Waals surface area (Å²) in [7, 11) is 1.55. The van der Waals surface area contributed by atoms with Crippen LogP contribution in [0.5, 0.6) is 17.2 Å². The lowest BCUT2D eigenvalue weighted by atomic mass is 9.95. The molecule has 1 atom stereocenters. The van der Waals surface area contributed by atoms with Crippen molar-refractivity contribution in [3.8, 4) is 17.2 Å². The highest BCUT2D eigenvalue weighted by molar-refractivity contribution is 7.07. The molecular formula is C37H37FN2O6S. The van der Waals surface area contributed by atoms with Gasteiger partial charge in [0.25, 0.3) is 5.56 Å². The Balaban J connectivity index is 1.63. The van der Waals surface area contributed by atoms with E-state index in [0.717, 1.165) is 11.1 Å². The van der Waals surface area contributed by atoms with Gasteiger partial charge in [-0.05, 0) is 81.7 Å². The maximum atomic E-state index is 14.3. The van der Waals surface area contributed by atoms with Gasteiger partial charge >= 0.3 is 5.97 Å². The van der Waals surface area contributed by atoms with Crippen LogP contribution in [0, 0.1) is 5.82 Å². The van der Waals surface area contributed by atoms with Gasteiger partial charge in [0.1, 0.15) is 24.2 Å². The number of ether oxygens (including phenoxy) is 4. The van der Waals surface area contributed by atoms with Gasteiger partial charge in [-0.3, -0.25) is 9.36 Å². The van der Waals surface area contributed by atoms with E-state index in [9.17, 15) is 14.0 Å². The monoisotopic (exact) mass is 656 g/mol. The minimum absolute atomic E-state index is 0.134. The van der Waals surface area contributed by atoms with Crippen LogP contribution in [-0.2, 0) is 22.6 Å². The largest absolute Gasteiger partial charge is 0.493 e. The first kappa shape index (κ1) is 33.4. The number of carbonyl (C=O) groups excluding carboxylic acids is 1. The summed E-state index contributed by atoms with van der Waals surface area (Å²) >= 11 is 1.23. The van der Waals surface area contributed by atoms with Crippen molar-refractivity contribution in [1.82, 2.24) is 4.57 Å². The third kappa shape index (κ3) is 7.23. The van der Waals surface area contributed by atoms with Gasteiger partial charge in [-0.1, -0.05) is 47.7 Å². The maximum absolute atomic E-state index is 14.3. The Bertz CT molecular complexity index is 2010. The highest BCUT2D eigenvalue weighted by Gasteiger charge is 2.35. The first-order chi connectivity index (χ1) is 22.6. The van der Waals surface area contributed by atoms with Crippen molar-refractivity contribution in [3.05, 3.63) is 132 Å². The van der Waals surface area contributed by atoms with Crippen LogP contribution in [0.15, 0.2) is 94.4 Å². The summed E-state index contributed by atoms with van der Waals surface area (Å²) in [4.78, 5) is 32.7. The molecule has 5 rings (SSSR count). The number of carbonyl (C=O) groups is 1. The predicted octanol–water partition coefficient (Wildman–Crippen LogP) is 6.04. The van der Waals surface area contributed by atoms with Crippen LogP contribution in [-0.4, -0.2) is 30.4 Å². The van der Waals surface area contributed by atoms with Crippen molar-refractivity contribution in [2.24, 2.45) is 4.99 Å². The molecule has 2 heterocycles. The average molecular weight is 657 g/mol. The standard InChI is InChI=1S/C37H37FN2O6S/c1-7-11-26-18-25(19-30(43-6)34(26)45-21-24-14-16-27(38)17-15-24)20-31-35(41)40-33(28-12-9-10-13-29(28)46-22(3)4)32(36(42)44-8-2)23(5)39-37(40)47-31/h7,9-10,12-20,22,33H,1,8,11,21H2,2-6H3/b31-20+/t33-/m1/s1. The molecule has 0 saturated heterocycles. The van der Waals surface area contributed by atoms with E-state index in [-0.39, 0.29) is 36.3 Å². The first-order valence-corrected chi connectivity index (χ1v) is 16.1. The number of benzene rings is 3. The van der Waals surface area contributed by atoms with Gasteiger partial charge in [0.05, 0.1) is 35.6 Å². The molecule has 0 bridgehead atoms. The molecule has 0 amide bonds. The number of hydrogen-bond acceptors (Lipinski definition) is 8. The van der Waals surface area contributed by atoms with Crippen molar-refractivity contribution in [1.29, 1.82) is 0 Å². The number of nitrogens with zero attached hydrogens (tertiary/aromatic N) is 2. The van der Waals surface area contributed by atoms with Gasteiger partial charge in [-0.2, -0.15) is 0 Å². The van der Waals surface area contributed by atoms with Crippen molar-refractivity contribution in [2.45, 2.75) is 52.9 Å². The van der Waals surface area contributed by atoms with Crippen LogP contribution in [0.4, 0.5) is 4.39 Å². The Morgan fingerprint density at radius 3 is 2.55 bits per heavy atom. The Labute approximate surface area is 276 Å². The molecule has 8 nitrogen and oxygen atoms in total. The van der Waals surface area contributed by atoms with E-state index in [1.54, 1.807) is 55.9 Å². The molecule has 4 aromatic rings. The molecule has 0 spiro atoms. The molecule has 0 unspecified atom stereocenters. The van der Waals surface area contributed by atoms with E-state index < -0.39 is 12.0 Å². The summed E-state index contributed by atoms with van der Waals surface area (Å²) in [5.74, 6) is 0.714. The number of thiazole rings is 1. The molecule has 10 heteroatoms. The van der Waals surface area contributed by atoms with Gasteiger partial charge in [0.15, 0.2) is 16.3 Å². The summed E-state index contributed by atoms with van der Waals surface area (Å²) in [5, 5.41) is 0. The molecule has 0 saturated carbocycles. The van der Waals surface area contributed by atoms with Gasteiger partial charge in [0, 0.05) is 11.1 Å². The summed E-state index contributed by atoms with van der Waals surface area (Å²) in [5.41, 5.74) is 3.41. The zero-order valence-electron chi connectivity index (χ0n) is 27.0. The highest BCUT2D eigenvalue weighted by Crippen LogP contribution is 2.37. The number of methoxy groups -OCH3 is 1. The second-order valence-corrected chi connectivity index (χ2v) is 12.1. The molecular weight excluding hydrogens is 619 g/mol. The Hall–Kier alpha value is -4.96.